The quantitative estimate of drug-likeness (QED) is 0.593. The number of aliphatic hydroxyl groups is 1. The monoisotopic (exact) mass is 130 g/mol. The molecule has 0 unspecified atom stereocenters. The Kier molecular flexibility index (Phi) is 3.93. The second-order valence-electron chi connectivity index (χ2n) is 1.99. The highest BCUT2D eigenvalue weighted by molar-refractivity contribution is 4.92. The molecular formula is C7H14O2. The fourth-order valence-corrected chi connectivity index (χ4v) is 0.360. The van der Waals surface area contributed by atoms with Crippen molar-refractivity contribution in [3.63, 3.8) is 0 Å². The van der Waals surface area contributed by atoms with Crippen LogP contribution in [0.5, 0.6) is 0 Å². The summed E-state index contributed by atoms with van der Waals surface area (Å²) in [4.78, 5) is 0. The van der Waals surface area contributed by atoms with Gasteiger partial charge in [0.05, 0.1) is 6.61 Å². The largest absolute Gasteiger partial charge is 0.509 e. The Labute approximate surface area is 56.1 Å². The molecule has 2 nitrogen and oxygen atoms in total. The predicted molar refractivity (Wildman–Crippen MR) is 37.2 cm³/mol. The molecule has 0 fully saturated rings. The van der Waals surface area contributed by atoms with Crippen LogP contribution >= 0.6 is 0 Å². The van der Waals surface area contributed by atoms with Crippen LogP contribution in [-0.2, 0) is 4.74 Å². The first kappa shape index (κ1) is 8.34. The summed E-state index contributed by atoms with van der Waals surface area (Å²) in [6.45, 7) is 6.08. The Bertz CT molecular complexity index is 101. The van der Waals surface area contributed by atoms with E-state index in [2.05, 4.69) is 0 Å². The van der Waals surface area contributed by atoms with Crippen molar-refractivity contribution >= 4 is 0 Å². The van der Waals surface area contributed by atoms with Crippen molar-refractivity contribution in [2.45, 2.75) is 27.2 Å². The SMILES string of the molecule is CCCO/C(C)=C(/C)O. The minimum Gasteiger partial charge on any atom is -0.509 e. The zero-order valence-corrected chi connectivity index (χ0v) is 6.27. The number of allylic oxidation sites excluding steroid dienone is 2. The van der Waals surface area contributed by atoms with E-state index in [4.69, 9.17) is 9.84 Å². The minimum absolute atomic E-state index is 0.267. The van der Waals surface area contributed by atoms with E-state index in [1.807, 2.05) is 6.92 Å². The van der Waals surface area contributed by atoms with E-state index in [1.54, 1.807) is 13.8 Å². The van der Waals surface area contributed by atoms with Crippen molar-refractivity contribution in [1.82, 2.24) is 0 Å². The third-order valence-electron chi connectivity index (χ3n) is 1.03. The average molecular weight is 130 g/mol. The van der Waals surface area contributed by atoms with Gasteiger partial charge >= 0.3 is 0 Å². The molecule has 0 saturated carbocycles. The van der Waals surface area contributed by atoms with Crippen molar-refractivity contribution in [2.24, 2.45) is 0 Å². The van der Waals surface area contributed by atoms with Gasteiger partial charge in [-0.05, 0) is 20.3 Å². The Morgan fingerprint density at radius 2 is 2.00 bits per heavy atom. The second-order valence-corrected chi connectivity index (χ2v) is 1.99. The molecule has 0 aromatic rings. The molecule has 0 heterocycles. The lowest BCUT2D eigenvalue weighted by Gasteiger charge is -2.03. The molecule has 0 bridgehead atoms. The first-order valence-corrected chi connectivity index (χ1v) is 3.17. The zero-order chi connectivity index (χ0) is 7.28. The normalized spacial score (nSPS) is 12.8. The fraction of sp³-hybridized carbons (Fsp3) is 0.714. The smallest absolute Gasteiger partial charge is 0.130 e. The van der Waals surface area contributed by atoms with Gasteiger partial charge in [-0.3, -0.25) is 0 Å². The number of rotatable bonds is 3. The molecule has 2 heteroatoms. The summed E-state index contributed by atoms with van der Waals surface area (Å²) in [7, 11) is 0. The Morgan fingerprint density at radius 1 is 1.44 bits per heavy atom. The third-order valence-corrected chi connectivity index (χ3v) is 1.03. The van der Waals surface area contributed by atoms with Gasteiger partial charge in [0.2, 0.25) is 0 Å². The van der Waals surface area contributed by atoms with E-state index in [-0.39, 0.29) is 5.76 Å². The summed E-state index contributed by atoms with van der Waals surface area (Å²) in [5.41, 5.74) is 0. The predicted octanol–water partition coefficient (Wildman–Crippen LogP) is 2.22. The summed E-state index contributed by atoms with van der Waals surface area (Å²) in [6.07, 6.45) is 0.977. The molecule has 54 valence electrons. The van der Waals surface area contributed by atoms with Crippen LogP contribution < -0.4 is 0 Å². The number of ether oxygens (including phenoxy) is 1. The topological polar surface area (TPSA) is 29.5 Å². The van der Waals surface area contributed by atoms with Gasteiger partial charge in [0.25, 0.3) is 0 Å². The van der Waals surface area contributed by atoms with Crippen LogP contribution in [0.2, 0.25) is 0 Å². The molecule has 0 aromatic carbocycles. The highest BCUT2D eigenvalue weighted by Gasteiger charge is 1.91. The van der Waals surface area contributed by atoms with Crippen molar-refractivity contribution in [3.8, 4) is 0 Å². The van der Waals surface area contributed by atoms with Crippen LogP contribution in [-0.4, -0.2) is 11.7 Å². The van der Waals surface area contributed by atoms with Crippen LogP contribution in [0.25, 0.3) is 0 Å². The summed E-state index contributed by atoms with van der Waals surface area (Å²) in [5, 5.41) is 8.80. The maximum absolute atomic E-state index is 8.80. The van der Waals surface area contributed by atoms with Crippen molar-refractivity contribution < 1.29 is 9.84 Å². The van der Waals surface area contributed by atoms with Crippen molar-refractivity contribution in [2.75, 3.05) is 6.61 Å². The molecule has 0 radical (unpaired) electrons. The molecule has 0 aliphatic carbocycles. The minimum atomic E-state index is 0.267. The average Bonchev–Trinajstić information content (AvgIpc) is 1.82. The Morgan fingerprint density at radius 3 is 2.33 bits per heavy atom. The van der Waals surface area contributed by atoms with E-state index >= 15 is 0 Å². The van der Waals surface area contributed by atoms with Crippen molar-refractivity contribution in [1.29, 1.82) is 0 Å². The van der Waals surface area contributed by atoms with Gasteiger partial charge in [0, 0.05) is 0 Å². The Balaban J connectivity index is 3.50. The summed E-state index contributed by atoms with van der Waals surface area (Å²) >= 11 is 0. The highest BCUT2D eigenvalue weighted by atomic mass is 16.5. The number of hydrogen-bond acceptors (Lipinski definition) is 2. The molecular weight excluding hydrogens is 116 g/mol. The summed E-state index contributed by atoms with van der Waals surface area (Å²) in [5.74, 6) is 0.889. The van der Waals surface area contributed by atoms with Gasteiger partial charge in [-0.2, -0.15) is 0 Å². The van der Waals surface area contributed by atoms with Gasteiger partial charge in [0.15, 0.2) is 0 Å². The van der Waals surface area contributed by atoms with Gasteiger partial charge in [-0.25, -0.2) is 0 Å². The van der Waals surface area contributed by atoms with Gasteiger partial charge in [0.1, 0.15) is 11.5 Å². The maximum atomic E-state index is 8.80. The van der Waals surface area contributed by atoms with Crippen LogP contribution in [0.15, 0.2) is 11.5 Å². The maximum Gasteiger partial charge on any atom is 0.130 e. The molecule has 0 atom stereocenters. The van der Waals surface area contributed by atoms with Crippen LogP contribution in [0.3, 0.4) is 0 Å². The van der Waals surface area contributed by atoms with E-state index in [1.165, 1.54) is 0 Å². The Hall–Kier alpha value is -0.660. The molecule has 0 amide bonds. The molecule has 9 heavy (non-hydrogen) atoms. The summed E-state index contributed by atoms with van der Waals surface area (Å²) in [6, 6.07) is 0. The van der Waals surface area contributed by atoms with Crippen molar-refractivity contribution in [3.05, 3.63) is 11.5 Å². The van der Waals surface area contributed by atoms with Crippen LogP contribution in [0, 0.1) is 0 Å². The second kappa shape index (κ2) is 4.24. The third kappa shape index (κ3) is 3.88. The van der Waals surface area contributed by atoms with E-state index in [9.17, 15) is 0 Å². The molecule has 0 saturated heterocycles. The van der Waals surface area contributed by atoms with Gasteiger partial charge < -0.3 is 9.84 Å². The van der Waals surface area contributed by atoms with E-state index < -0.39 is 0 Å². The first-order chi connectivity index (χ1) is 4.18. The van der Waals surface area contributed by atoms with Gasteiger partial charge in [-0.15, -0.1) is 0 Å². The zero-order valence-electron chi connectivity index (χ0n) is 6.27. The number of aliphatic hydroxyl groups excluding tert-OH is 1. The molecule has 0 aliphatic rings. The van der Waals surface area contributed by atoms with Crippen LogP contribution in [0.1, 0.15) is 27.2 Å². The number of hydrogen-bond donors (Lipinski definition) is 1. The molecule has 0 aromatic heterocycles. The van der Waals surface area contributed by atoms with Gasteiger partial charge in [-0.1, -0.05) is 6.92 Å². The van der Waals surface area contributed by atoms with E-state index in [0.717, 1.165) is 6.42 Å². The lowest BCUT2D eigenvalue weighted by molar-refractivity contribution is 0.193. The fourth-order valence-electron chi connectivity index (χ4n) is 0.360. The highest BCUT2D eigenvalue weighted by Crippen LogP contribution is 2.00. The van der Waals surface area contributed by atoms with Crippen LogP contribution in [0.4, 0.5) is 0 Å². The summed E-state index contributed by atoms with van der Waals surface area (Å²) < 4.78 is 5.08. The molecule has 0 spiro atoms. The lowest BCUT2D eigenvalue weighted by Crippen LogP contribution is -1.92. The first-order valence-electron chi connectivity index (χ1n) is 3.17. The van der Waals surface area contributed by atoms with E-state index in [0.29, 0.717) is 12.4 Å². The molecule has 0 rings (SSSR count). The lowest BCUT2D eigenvalue weighted by atomic mass is 10.4. The molecule has 0 aliphatic heterocycles. The molecule has 1 N–H and O–H groups in total. The standard InChI is InChI=1S/C7H14O2/c1-4-5-9-7(3)6(2)8/h8H,4-5H2,1-3H3/b7-6-.